The summed E-state index contributed by atoms with van der Waals surface area (Å²) in [4.78, 5) is 15.5. The largest absolute Gasteiger partial charge is 0.493 e. The number of halogens is 2. The molecule has 0 aliphatic rings. The predicted molar refractivity (Wildman–Crippen MR) is 99.9 cm³/mol. The highest BCUT2D eigenvalue weighted by Gasteiger charge is 2.19. The maximum Gasteiger partial charge on any atom is 0.201 e. The van der Waals surface area contributed by atoms with E-state index in [2.05, 4.69) is 31.8 Å². The molecule has 26 heavy (non-hydrogen) atoms. The molecular weight excluding hydrogens is 336 g/mol. The Balaban J connectivity index is 2.24. The Kier molecular flexibility index (Phi) is 4.34. The van der Waals surface area contributed by atoms with Gasteiger partial charge in [-0.1, -0.05) is 39.0 Å². The average molecular weight is 357 g/mol. The summed E-state index contributed by atoms with van der Waals surface area (Å²) in [5.74, 6) is -2.61. The van der Waals surface area contributed by atoms with Gasteiger partial charge in [-0.25, -0.2) is 4.39 Å². The van der Waals surface area contributed by atoms with Crippen molar-refractivity contribution in [3.8, 4) is 17.0 Å². The van der Waals surface area contributed by atoms with Gasteiger partial charge in [0.1, 0.15) is 0 Å². The Morgan fingerprint density at radius 1 is 1.04 bits per heavy atom. The van der Waals surface area contributed by atoms with Gasteiger partial charge < -0.3 is 9.72 Å². The van der Waals surface area contributed by atoms with Crippen molar-refractivity contribution in [2.75, 3.05) is 7.11 Å². The van der Waals surface area contributed by atoms with Crippen LogP contribution in [-0.2, 0) is 5.41 Å². The molecule has 136 valence electrons. The van der Waals surface area contributed by atoms with Crippen LogP contribution in [0.4, 0.5) is 8.78 Å². The van der Waals surface area contributed by atoms with Crippen molar-refractivity contribution < 1.29 is 13.5 Å². The number of fused-ring (bicyclic) bond motifs is 1. The molecule has 0 saturated heterocycles. The highest BCUT2D eigenvalue weighted by molar-refractivity contribution is 5.84. The second kappa shape index (κ2) is 6.24. The van der Waals surface area contributed by atoms with Crippen molar-refractivity contribution in [3.05, 3.63) is 63.3 Å². The average Bonchev–Trinajstić information content (AvgIpc) is 2.56. The van der Waals surface area contributed by atoms with Crippen LogP contribution < -0.4 is 10.2 Å². The summed E-state index contributed by atoms with van der Waals surface area (Å²) in [7, 11) is 1.25. The minimum absolute atomic E-state index is 0.00804. The molecule has 0 saturated carbocycles. The maximum absolute atomic E-state index is 14.2. The van der Waals surface area contributed by atoms with Crippen molar-refractivity contribution in [3.63, 3.8) is 0 Å². The first kappa shape index (κ1) is 18.1. The minimum Gasteiger partial charge on any atom is -0.493 e. The lowest BCUT2D eigenvalue weighted by molar-refractivity contribution is 0.374. The van der Waals surface area contributed by atoms with E-state index in [1.807, 2.05) is 19.1 Å². The zero-order chi connectivity index (χ0) is 19.2. The third kappa shape index (κ3) is 2.98. The number of benzene rings is 2. The van der Waals surface area contributed by atoms with Crippen molar-refractivity contribution >= 4 is 10.9 Å². The molecule has 2 aromatic carbocycles. The van der Waals surface area contributed by atoms with Crippen molar-refractivity contribution in [2.24, 2.45) is 0 Å². The number of nitrogens with one attached hydrogen (secondary N) is 1. The standard InChI is InChI=1S/C21H21F2NO2/c1-11-8-12(21(2,3)4)6-7-13(11)14-9-16(25)18-15(24-14)10-17(26-5)19(22)20(18)23/h6-10H,1-5H3,(H,24,25). The Morgan fingerprint density at radius 2 is 1.73 bits per heavy atom. The van der Waals surface area contributed by atoms with Gasteiger partial charge in [0.05, 0.1) is 18.0 Å². The lowest BCUT2D eigenvalue weighted by Gasteiger charge is -2.20. The second-order valence-corrected chi connectivity index (χ2v) is 7.46. The quantitative estimate of drug-likeness (QED) is 0.694. The summed E-state index contributed by atoms with van der Waals surface area (Å²) in [6, 6.07) is 8.62. The number of ether oxygens (including phenoxy) is 1. The van der Waals surface area contributed by atoms with E-state index >= 15 is 0 Å². The molecule has 0 aliphatic carbocycles. The van der Waals surface area contributed by atoms with Crippen molar-refractivity contribution in [1.82, 2.24) is 4.98 Å². The molecule has 3 aromatic rings. The lowest BCUT2D eigenvalue weighted by atomic mass is 9.85. The molecule has 0 unspecified atom stereocenters. The number of aryl methyl sites for hydroxylation is 1. The molecule has 1 N–H and O–H groups in total. The van der Waals surface area contributed by atoms with Crippen LogP contribution in [0.5, 0.6) is 5.75 Å². The fourth-order valence-electron chi connectivity index (χ4n) is 3.05. The number of hydrogen-bond donors (Lipinski definition) is 1. The van der Waals surface area contributed by atoms with Gasteiger partial charge >= 0.3 is 0 Å². The molecule has 0 atom stereocenters. The van der Waals surface area contributed by atoms with Crippen molar-refractivity contribution in [2.45, 2.75) is 33.1 Å². The topological polar surface area (TPSA) is 42.1 Å². The van der Waals surface area contributed by atoms with Gasteiger partial charge in [0, 0.05) is 23.4 Å². The van der Waals surface area contributed by atoms with Gasteiger partial charge in [0.2, 0.25) is 5.82 Å². The van der Waals surface area contributed by atoms with Crippen LogP contribution in [0.1, 0.15) is 31.9 Å². The fraction of sp³-hybridized carbons (Fsp3) is 0.286. The van der Waals surface area contributed by atoms with E-state index in [9.17, 15) is 13.6 Å². The molecule has 0 radical (unpaired) electrons. The van der Waals surface area contributed by atoms with Gasteiger partial charge in [-0.2, -0.15) is 4.39 Å². The summed E-state index contributed by atoms with van der Waals surface area (Å²) in [6.07, 6.45) is 0. The molecule has 5 heteroatoms. The maximum atomic E-state index is 14.2. The smallest absolute Gasteiger partial charge is 0.201 e. The number of aromatic nitrogens is 1. The van der Waals surface area contributed by atoms with Gasteiger partial charge in [-0.05, 0) is 23.5 Å². The van der Waals surface area contributed by atoms with Crippen LogP contribution in [0.15, 0.2) is 35.1 Å². The number of methoxy groups -OCH3 is 1. The van der Waals surface area contributed by atoms with Gasteiger partial charge in [-0.3, -0.25) is 4.79 Å². The lowest BCUT2D eigenvalue weighted by Crippen LogP contribution is -2.11. The molecule has 3 nitrogen and oxygen atoms in total. The summed E-state index contributed by atoms with van der Waals surface area (Å²) < 4.78 is 33.0. The van der Waals surface area contributed by atoms with E-state index in [0.29, 0.717) is 5.69 Å². The molecule has 0 aliphatic heterocycles. The van der Waals surface area contributed by atoms with E-state index in [4.69, 9.17) is 4.74 Å². The Hall–Kier alpha value is -2.69. The predicted octanol–water partition coefficient (Wildman–Crippen LogP) is 5.09. The highest BCUT2D eigenvalue weighted by atomic mass is 19.2. The van der Waals surface area contributed by atoms with Gasteiger partial charge in [0.25, 0.3) is 0 Å². The molecule has 0 bridgehead atoms. The molecule has 0 spiro atoms. The van der Waals surface area contributed by atoms with Gasteiger partial charge in [-0.15, -0.1) is 0 Å². The number of H-pyrrole nitrogens is 1. The SMILES string of the molecule is COc1cc2[nH]c(-c3ccc(C(C)(C)C)cc3C)cc(=O)c2c(F)c1F. The van der Waals surface area contributed by atoms with E-state index < -0.39 is 17.1 Å². The zero-order valence-corrected chi connectivity index (χ0v) is 15.5. The van der Waals surface area contributed by atoms with Crippen LogP contribution in [-0.4, -0.2) is 12.1 Å². The number of pyridine rings is 1. The van der Waals surface area contributed by atoms with E-state index in [1.54, 1.807) is 0 Å². The minimum atomic E-state index is -1.20. The van der Waals surface area contributed by atoms with Crippen LogP contribution in [0.25, 0.3) is 22.2 Å². The molecule has 0 fully saturated rings. The van der Waals surface area contributed by atoms with Crippen LogP contribution in [0.2, 0.25) is 0 Å². The van der Waals surface area contributed by atoms with Crippen molar-refractivity contribution in [1.29, 1.82) is 0 Å². The summed E-state index contributed by atoms with van der Waals surface area (Å²) in [5.41, 5.74) is 3.18. The normalized spacial score (nSPS) is 11.8. The van der Waals surface area contributed by atoms with Crippen LogP contribution >= 0.6 is 0 Å². The van der Waals surface area contributed by atoms with E-state index in [1.165, 1.54) is 24.8 Å². The number of rotatable bonds is 2. The molecule has 1 heterocycles. The van der Waals surface area contributed by atoms with Crippen LogP contribution in [0, 0.1) is 18.6 Å². The summed E-state index contributed by atoms with van der Waals surface area (Å²) in [6.45, 7) is 8.34. The monoisotopic (exact) mass is 357 g/mol. The van der Waals surface area contributed by atoms with Crippen LogP contribution in [0.3, 0.4) is 0 Å². The Bertz CT molecular complexity index is 1060. The molecular formula is C21H21F2NO2. The molecule has 3 rings (SSSR count). The van der Waals surface area contributed by atoms with Gasteiger partial charge in [0.15, 0.2) is 17.0 Å². The first-order valence-corrected chi connectivity index (χ1v) is 8.34. The summed E-state index contributed by atoms with van der Waals surface area (Å²) in [5, 5.41) is -0.309. The number of aromatic amines is 1. The molecule has 1 aromatic heterocycles. The van der Waals surface area contributed by atoms with E-state index in [-0.39, 0.29) is 22.1 Å². The Labute approximate surface area is 150 Å². The first-order chi connectivity index (χ1) is 12.1. The number of hydrogen-bond acceptors (Lipinski definition) is 2. The zero-order valence-electron chi connectivity index (χ0n) is 15.5. The first-order valence-electron chi connectivity index (χ1n) is 8.34. The third-order valence-electron chi connectivity index (χ3n) is 4.57. The summed E-state index contributed by atoms with van der Waals surface area (Å²) >= 11 is 0. The fourth-order valence-corrected chi connectivity index (χ4v) is 3.05. The molecule has 0 amide bonds. The highest BCUT2D eigenvalue weighted by Crippen LogP contribution is 2.30. The van der Waals surface area contributed by atoms with E-state index in [0.717, 1.165) is 11.1 Å². The Morgan fingerprint density at radius 3 is 2.31 bits per heavy atom. The second-order valence-electron chi connectivity index (χ2n) is 7.46. The third-order valence-corrected chi connectivity index (χ3v) is 4.57.